The Kier molecular flexibility index (Phi) is 2.86. The standard InChI is InChI=1S/C14H15N3O/c18-11-12-3-1-4-14-13(12)5-8-16(14)9-10-17-7-2-6-15-17/h1-8,18H,9-11H2. The quantitative estimate of drug-likeness (QED) is 0.759. The lowest BCUT2D eigenvalue weighted by molar-refractivity contribution is 0.283. The van der Waals surface area contributed by atoms with Crippen molar-refractivity contribution in [3.8, 4) is 0 Å². The van der Waals surface area contributed by atoms with Gasteiger partial charge in [-0.05, 0) is 23.8 Å². The van der Waals surface area contributed by atoms with E-state index in [0.717, 1.165) is 29.6 Å². The molecule has 0 radical (unpaired) electrons. The van der Waals surface area contributed by atoms with Crippen LogP contribution in [0.3, 0.4) is 0 Å². The van der Waals surface area contributed by atoms with E-state index in [1.807, 2.05) is 29.1 Å². The van der Waals surface area contributed by atoms with Crippen molar-refractivity contribution in [2.24, 2.45) is 0 Å². The highest BCUT2D eigenvalue weighted by atomic mass is 16.3. The van der Waals surface area contributed by atoms with Crippen LogP contribution in [0.1, 0.15) is 5.56 Å². The zero-order valence-corrected chi connectivity index (χ0v) is 10.0. The molecule has 0 atom stereocenters. The summed E-state index contributed by atoms with van der Waals surface area (Å²) in [6.45, 7) is 1.81. The second-order valence-corrected chi connectivity index (χ2v) is 4.29. The molecule has 0 saturated carbocycles. The van der Waals surface area contributed by atoms with Gasteiger partial charge in [-0.2, -0.15) is 5.10 Å². The van der Waals surface area contributed by atoms with E-state index in [-0.39, 0.29) is 6.61 Å². The number of fused-ring (bicyclic) bond motifs is 1. The molecule has 0 saturated heterocycles. The van der Waals surface area contributed by atoms with Crippen LogP contribution in [-0.4, -0.2) is 19.5 Å². The van der Waals surface area contributed by atoms with Crippen molar-refractivity contribution in [2.45, 2.75) is 19.7 Å². The predicted molar refractivity (Wildman–Crippen MR) is 70.1 cm³/mol. The summed E-state index contributed by atoms with van der Waals surface area (Å²) in [5.74, 6) is 0. The number of benzene rings is 1. The Bertz CT molecular complexity index is 640. The Labute approximate surface area is 105 Å². The Morgan fingerprint density at radius 2 is 2.00 bits per heavy atom. The lowest BCUT2D eigenvalue weighted by Crippen LogP contribution is -2.06. The molecule has 1 N–H and O–H groups in total. The average molecular weight is 241 g/mol. The molecule has 3 aromatic rings. The summed E-state index contributed by atoms with van der Waals surface area (Å²) in [7, 11) is 0. The van der Waals surface area contributed by atoms with Gasteiger partial charge < -0.3 is 9.67 Å². The van der Waals surface area contributed by atoms with E-state index in [1.54, 1.807) is 6.20 Å². The summed E-state index contributed by atoms with van der Waals surface area (Å²) in [5, 5.41) is 14.6. The molecular weight excluding hydrogens is 226 g/mol. The third-order valence-electron chi connectivity index (χ3n) is 3.20. The number of nitrogens with zero attached hydrogens (tertiary/aromatic N) is 3. The van der Waals surface area contributed by atoms with Crippen LogP contribution in [0.4, 0.5) is 0 Å². The fraction of sp³-hybridized carbons (Fsp3) is 0.214. The first-order chi connectivity index (χ1) is 8.88. The lowest BCUT2D eigenvalue weighted by atomic mass is 10.1. The van der Waals surface area contributed by atoms with E-state index >= 15 is 0 Å². The minimum Gasteiger partial charge on any atom is -0.392 e. The fourth-order valence-corrected chi connectivity index (χ4v) is 2.26. The van der Waals surface area contributed by atoms with Crippen molar-refractivity contribution < 1.29 is 5.11 Å². The van der Waals surface area contributed by atoms with Gasteiger partial charge in [-0.25, -0.2) is 0 Å². The van der Waals surface area contributed by atoms with Gasteiger partial charge >= 0.3 is 0 Å². The Balaban J connectivity index is 1.88. The molecule has 4 heteroatoms. The molecule has 2 heterocycles. The van der Waals surface area contributed by atoms with Crippen molar-refractivity contribution in [1.82, 2.24) is 14.3 Å². The van der Waals surface area contributed by atoms with E-state index < -0.39 is 0 Å². The van der Waals surface area contributed by atoms with E-state index in [4.69, 9.17) is 0 Å². The first kappa shape index (κ1) is 11.0. The van der Waals surface area contributed by atoms with Crippen molar-refractivity contribution in [2.75, 3.05) is 0 Å². The summed E-state index contributed by atoms with van der Waals surface area (Å²) >= 11 is 0. The summed E-state index contributed by atoms with van der Waals surface area (Å²) in [5.41, 5.74) is 2.14. The molecule has 0 unspecified atom stereocenters. The number of aromatic nitrogens is 3. The minimum absolute atomic E-state index is 0.0838. The van der Waals surface area contributed by atoms with Gasteiger partial charge in [0.2, 0.25) is 0 Å². The van der Waals surface area contributed by atoms with Crippen molar-refractivity contribution >= 4 is 10.9 Å². The number of aliphatic hydroxyl groups is 1. The van der Waals surface area contributed by atoms with E-state index in [1.165, 1.54) is 0 Å². The predicted octanol–water partition coefficient (Wildman–Crippen LogP) is 2.03. The third kappa shape index (κ3) is 1.91. The minimum atomic E-state index is 0.0838. The van der Waals surface area contributed by atoms with Crippen LogP contribution in [0, 0.1) is 0 Å². The first-order valence-corrected chi connectivity index (χ1v) is 6.03. The van der Waals surface area contributed by atoms with Gasteiger partial charge in [-0.1, -0.05) is 12.1 Å². The van der Waals surface area contributed by atoms with Gasteiger partial charge in [0.15, 0.2) is 0 Å². The number of rotatable bonds is 4. The van der Waals surface area contributed by atoms with Crippen LogP contribution >= 0.6 is 0 Å². The molecule has 0 spiro atoms. The zero-order valence-electron chi connectivity index (χ0n) is 10.0. The normalized spacial score (nSPS) is 11.2. The average Bonchev–Trinajstić information content (AvgIpc) is 3.05. The van der Waals surface area contributed by atoms with Crippen LogP contribution in [0.5, 0.6) is 0 Å². The van der Waals surface area contributed by atoms with Crippen LogP contribution in [0.2, 0.25) is 0 Å². The van der Waals surface area contributed by atoms with Gasteiger partial charge in [-0.15, -0.1) is 0 Å². The molecule has 0 aliphatic carbocycles. The Morgan fingerprint density at radius 1 is 1.06 bits per heavy atom. The number of aryl methyl sites for hydroxylation is 2. The van der Waals surface area contributed by atoms with Gasteiger partial charge in [0, 0.05) is 36.0 Å². The summed E-state index contributed by atoms with van der Waals surface area (Å²) < 4.78 is 4.11. The maximum Gasteiger partial charge on any atom is 0.0688 e. The van der Waals surface area contributed by atoms with Gasteiger partial charge in [0.05, 0.1) is 13.2 Å². The largest absolute Gasteiger partial charge is 0.392 e. The topological polar surface area (TPSA) is 43.0 Å². The third-order valence-corrected chi connectivity index (χ3v) is 3.20. The smallest absolute Gasteiger partial charge is 0.0688 e. The summed E-state index contributed by atoms with van der Waals surface area (Å²) in [6.07, 6.45) is 5.82. The summed E-state index contributed by atoms with van der Waals surface area (Å²) in [6, 6.07) is 10.0. The van der Waals surface area contributed by atoms with Gasteiger partial charge in [0.25, 0.3) is 0 Å². The second-order valence-electron chi connectivity index (χ2n) is 4.29. The van der Waals surface area contributed by atoms with Gasteiger partial charge in [-0.3, -0.25) is 4.68 Å². The molecule has 0 aliphatic heterocycles. The van der Waals surface area contributed by atoms with Crippen molar-refractivity contribution in [1.29, 1.82) is 0 Å². The van der Waals surface area contributed by atoms with Crippen molar-refractivity contribution in [3.05, 3.63) is 54.5 Å². The van der Waals surface area contributed by atoms with Crippen LogP contribution in [-0.2, 0) is 19.7 Å². The summed E-state index contributed by atoms with van der Waals surface area (Å²) in [4.78, 5) is 0. The van der Waals surface area contributed by atoms with E-state index in [0.29, 0.717) is 0 Å². The lowest BCUT2D eigenvalue weighted by Gasteiger charge is -2.06. The molecule has 3 rings (SSSR count). The maximum atomic E-state index is 9.30. The molecular formula is C14H15N3O. The van der Waals surface area contributed by atoms with E-state index in [9.17, 15) is 5.11 Å². The molecule has 0 amide bonds. The highest BCUT2D eigenvalue weighted by molar-refractivity contribution is 5.83. The van der Waals surface area contributed by atoms with Gasteiger partial charge in [0.1, 0.15) is 0 Å². The van der Waals surface area contributed by atoms with Crippen LogP contribution in [0.25, 0.3) is 10.9 Å². The zero-order chi connectivity index (χ0) is 12.4. The molecule has 0 aliphatic rings. The van der Waals surface area contributed by atoms with Crippen molar-refractivity contribution in [3.63, 3.8) is 0 Å². The Hall–Kier alpha value is -2.07. The molecule has 2 aromatic heterocycles. The number of hydrogen-bond donors (Lipinski definition) is 1. The monoisotopic (exact) mass is 241 g/mol. The second kappa shape index (κ2) is 4.66. The SMILES string of the molecule is OCc1cccc2c1ccn2CCn1cccn1. The number of hydrogen-bond acceptors (Lipinski definition) is 2. The van der Waals surface area contributed by atoms with Crippen LogP contribution < -0.4 is 0 Å². The highest BCUT2D eigenvalue weighted by Gasteiger charge is 2.04. The molecule has 1 aromatic carbocycles. The van der Waals surface area contributed by atoms with E-state index in [2.05, 4.69) is 28.0 Å². The Morgan fingerprint density at radius 3 is 2.78 bits per heavy atom. The molecule has 0 fully saturated rings. The first-order valence-electron chi connectivity index (χ1n) is 6.03. The maximum absolute atomic E-state index is 9.30. The fourth-order valence-electron chi connectivity index (χ4n) is 2.26. The highest BCUT2D eigenvalue weighted by Crippen LogP contribution is 2.20. The molecule has 0 bridgehead atoms. The molecule has 92 valence electrons. The number of aliphatic hydroxyl groups excluding tert-OH is 1. The molecule has 18 heavy (non-hydrogen) atoms. The molecule has 4 nitrogen and oxygen atoms in total. The van der Waals surface area contributed by atoms with Crippen LogP contribution in [0.15, 0.2) is 48.9 Å².